The molecule has 1 aromatic heterocycles. The second-order valence-electron chi connectivity index (χ2n) is 7.28. The third kappa shape index (κ3) is 3.76. The maximum atomic E-state index is 13.0. The normalized spacial score (nSPS) is 14.9. The molecule has 0 radical (unpaired) electrons. The summed E-state index contributed by atoms with van der Waals surface area (Å²) in [5.41, 5.74) is 1.69. The minimum Gasteiger partial charge on any atom is -0.460 e. The van der Waals surface area contributed by atoms with Gasteiger partial charge in [0.1, 0.15) is 17.1 Å². The fourth-order valence-electron chi connectivity index (χ4n) is 3.84. The molecule has 0 aliphatic heterocycles. The summed E-state index contributed by atoms with van der Waals surface area (Å²) in [5, 5.41) is 0.473. The fourth-order valence-corrected chi connectivity index (χ4v) is 4.10. The Balaban J connectivity index is 1.67. The lowest BCUT2D eigenvalue weighted by Gasteiger charge is -2.19. The van der Waals surface area contributed by atoms with Crippen LogP contribution in [0.4, 0.5) is 0 Å². The third-order valence-corrected chi connectivity index (χ3v) is 5.86. The van der Waals surface area contributed by atoms with Gasteiger partial charge in [0.05, 0.1) is 16.9 Å². The van der Waals surface area contributed by atoms with E-state index in [4.69, 9.17) is 9.15 Å². The fraction of sp³-hybridized carbons (Fsp3) is 0.304. The molecule has 1 aliphatic rings. The Bertz CT molecular complexity index is 1080. The van der Waals surface area contributed by atoms with Crippen LogP contribution >= 0.6 is 15.9 Å². The Hall–Kier alpha value is -2.40. The van der Waals surface area contributed by atoms with Gasteiger partial charge in [-0.25, -0.2) is 0 Å². The molecule has 0 spiro atoms. The van der Waals surface area contributed by atoms with Crippen LogP contribution < -0.4 is 10.2 Å². The van der Waals surface area contributed by atoms with E-state index in [9.17, 15) is 9.59 Å². The van der Waals surface area contributed by atoms with E-state index >= 15 is 0 Å². The number of carbonyl (C=O) groups excluding carboxylic acids is 1. The first-order chi connectivity index (χ1) is 13.5. The topological polar surface area (TPSA) is 56.5 Å². The van der Waals surface area contributed by atoms with Crippen LogP contribution in [0.1, 0.15) is 37.9 Å². The number of hydrogen-bond acceptors (Lipinski definition) is 4. The van der Waals surface area contributed by atoms with E-state index in [1.165, 1.54) is 6.42 Å². The van der Waals surface area contributed by atoms with Gasteiger partial charge < -0.3 is 9.15 Å². The van der Waals surface area contributed by atoms with Crippen molar-refractivity contribution in [2.75, 3.05) is 0 Å². The second kappa shape index (κ2) is 7.92. The number of esters is 1. The van der Waals surface area contributed by atoms with Crippen molar-refractivity contribution in [1.82, 2.24) is 0 Å². The van der Waals surface area contributed by atoms with Crippen LogP contribution in [0.5, 0.6) is 5.75 Å². The Kier molecular flexibility index (Phi) is 5.36. The highest BCUT2D eigenvalue weighted by Crippen LogP contribution is 2.29. The monoisotopic (exact) mass is 440 g/mol. The number of carbonyl (C=O) groups is 1. The summed E-state index contributed by atoms with van der Waals surface area (Å²) >= 11 is 3.41. The highest BCUT2D eigenvalue weighted by atomic mass is 79.9. The van der Waals surface area contributed by atoms with Crippen molar-refractivity contribution in [3.63, 3.8) is 0 Å². The van der Waals surface area contributed by atoms with Gasteiger partial charge in [0.25, 0.3) is 0 Å². The summed E-state index contributed by atoms with van der Waals surface area (Å²) in [6.45, 7) is 1.78. The van der Waals surface area contributed by atoms with Crippen molar-refractivity contribution in [1.29, 1.82) is 0 Å². The van der Waals surface area contributed by atoms with Crippen LogP contribution in [0.3, 0.4) is 0 Å². The van der Waals surface area contributed by atoms with Gasteiger partial charge in [-0.2, -0.15) is 0 Å². The number of benzene rings is 2. The van der Waals surface area contributed by atoms with Crippen LogP contribution in [0, 0.1) is 12.8 Å². The van der Waals surface area contributed by atoms with E-state index in [1.54, 1.807) is 25.1 Å². The number of fused-ring (bicyclic) bond motifs is 1. The number of hydrogen-bond donors (Lipinski definition) is 0. The zero-order valence-corrected chi connectivity index (χ0v) is 17.3. The standard InChI is InChI=1S/C23H21BrO4/c1-14-21(15-7-9-17(24)10-8-15)22(25)19-12-11-18(13-20(19)27-14)28-23(26)16-5-3-2-4-6-16/h7-13,16H,2-6H2,1H3. The van der Waals surface area contributed by atoms with Crippen LogP contribution in [0.2, 0.25) is 0 Å². The molecule has 28 heavy (non-hydrogen) atoms. The number of rotatable bonds is 3. The summed E-state index contributed by atoms with van der Waals surface area (Å²) in [6.07, 6.45) is 5.11. The Morgan fingerprint density at radius 3 is 2.50 bits per heavy atom. The van der Waals surface area contributed by atoms with Gasteiger partial charge in [-0.05, 0) is 49.6 Å². The average molecular weight is 441 g/mol. The summed E-state index contributed by atoms with van der Waals surface area (Å²) in [7, 11) is 0. The molecule has 3 aromatic rings. The van der Waals surface area contributed by atoms with E-state index in [1.807, 2.05) is 24.3 Å². The molecule has 0 bridgehead atoms. The van der Waals surface area contributed by atoms with E-state index in [-0.39, 0.29) is 17.3 Å². The number of aryl methyl sites for hydroxylation is 1. The smallest absolute Gasteiger partial charge is 0.314 e. The van der Waals surface area contributed by atoms with Gasteiger partial charge in [0.15, 0.2) is 0 Å². The third-order valence-electron chi connectivity index (χ3n) is 5.33. The SMILES string of the molecule is Cc1oc2cc(OC(=O)C3CCCCC3)ccc2c(=O)c1-c1ccc(Br)cc1. The molecule has 0 N–H and O–H groups in total. The molecule has 5 heteroatoms. The number of ether oxygens (including phenoxy) is 1. The van der Waals surface area contributed by atoms with Crippen LogP contribution in [0.25, 0.3) is 22.1 Å². The largest absolute Gasteiger partial charge is 0.460 e. The Morgan fingerprint density at radius 2 is 1.79 bits per heavy atom. The van der Waals surface area contributed by atoms with Gasteiger partial charge in [0, 0.05) is 10.5 Å². The van der Waals surface area contributed by atoms with Crippen LogP contribution in [-0.4, -0.2) is 5.97 Å². The molecule has 4 rings (SSSR count). The second-order valence-corrected chi connectivity index (χ2v) is 8.20. The highest BCUT2D eigenvalue weighted by Gasteiger charge is 2.23. The van der Waals surface area contributed by atoms with Crippen LogP contribution in [-0.2, 0) is 4.79 Å². The van der Waals surface area contributed by atoms with E-state index in [0.717, 1.165) is 35.7 Å². The molecule has 2 aromatic carbocycles. The van der Waals surface area contributed by atoms with Gasteiger partial charge in [0.2, 0.25) is 5.43 Å². The van der Waals surface area contributed by atoms with Gasteiger partial charge in [-0.1, -0.05) is 47.3 Å². The molecular formula is C23H21BrO4. The van der Waals surface area contributed by atoms with Crippen molar-refractivity contribution < 1.29 is 13.9 Å². The molecule has 1 fully saturated rings. The maximum absolute atomic E-state index is 13.0. The van der Waals surface area contributed by atoms with E-state index < -0.39 is 0 Å². The number of halogens is 1. The van der Waals surface area contributed by atoms with Crippen molar-refractivity contribution in [2.45, 2.75) is 39.0 Å². The zero-order chi connectivity index (χ0) is 19.7. The minimum absolute atomic E-state index is 0.0297. The molecular weight excluding hydrogens is 420 g/mol. The lowest BCUT2D eigenvalue weighted by molar-refractivity contribution is -0.139. The molecule has 1 heterocycles. The summed E-state index contributed by atoms with van der Waals surface area (Å²) < 4.78 is 12.4. The first-order valence-electron chi connectivity index (χ1n) is 9.58. The first kappa shape index (κ1) is 18.9. The molecule has 0 saturated heterocycles. The Labute approximate surface area is 171 Å². The molecule has 1 aliphatic carbocycles. The first-order valence-corrected chi connectivity index (χ1v) is 10.4. The molecule has 0 atom stereocenters. The average Bonchev–Trinajstić information content (AvgIpc) is 2.70. The van der Waals surface area contributed by atoms with Gasteiger partial charge in [-0.3, -0.25) is 9.59 Å². The molecule has 1 saturated carbocycles. The van der Waals surface area contributed by atoms with Gasteiger partial charge >= 0.3 is 5.97 Å². The van der Waals surface area contributed by atoms with Crippen LogP contribution in [0.15, 0.2) is 56.1 Å². The van der Waals surface area contributed by atoms with E-state index in [2.05, 4.69) is 15.9 Å². The summed E-state index contributed by atoms with van der Waals surface area (Å²) in [4.78, 5) is 25.4. The van der Waals surface area contributed by atoms with E-state index in [0.29, 0.717) is 28.0 Å². The minimum atomic E-state index is -0.190. The van der Waals surface area contributed by atoms with Crippen molar-refractivity contribution in [3.05, 3.63) is 62.9 Å². The molecule has 0 unspecified atom stereocenters. The predicted octanol–water partition coefficient (Wildman–Crippen LogP) is 6.02. The quantitative estimate of drug-likeness (QED) is 0.369. The summed E-state index contributed by atoms with van der Waals surface area (Å²) in [5.74, 6) is 0.736. The van der Waals surface area contributed by atoms with Crippen molar-refractivity contribution in [2.24, 2.45) is 5.92 Å². The van der Waals surface area contributed by atoms with Gasteiger partial charge in [-0.15, -0.1) is 0 Å². The maximum Gasteiger partial charge on any atom is 0.314 e. The highest BCUT2D eigenvalue weighted by molar-refractivity contribution is 9.10. The Morgan fingerprint density at radius 1 is 1.07 bits per heavy atom. The molecule has 4 nitrogen and oxygen atoms in total. The lowest BCUT2D eigenvalue weighted by Crippen LogP contribution is -2.22. The predicted molar refractivity (Wildman–Crippen MR) is 113 cm³/mol. The lowest BCUT2D eigenvalue weighted by atomic mass is 9.89. The molecule has 144 valence electrons. The zero-order valence-electron chi connectivity index (χ0n) is 15.7. The summed E-state index contributed by atoms with van der Waals surface area (Å²) in [6, 6.07) is 12.5. The molecule has 0 amide bonds. The van der Waals surface area contributed by atoms with Crippen molar-refractivity contribution >= 4 is 32.9 Å². The van der Waals surface area contributed by atoms with Crippen molar-refractivity contribution in [3.8, 4) is 16.9 Å².